The first kappa shape index (κ1) is 18.6. The van der Waals surface area contributed by atoms with Crippen LogP contribution in [0.2, 0.25) is 0 Å². The van der Waals surface area contributed by atoms with Gasteiger partial charge in [-0.25, -0.2) is 0 Å². The van der Waals surface area contributed by atoms with Crippen LogP contribution in [0.3, 0.4) is 0 Å². The third-order valence-corrected chi connectivity index (χ3v) is 6.49. The Labute approximate surface area is 171 Å². The fourth-order valence-corrected chi connectivity index (χ4v) is 4.94. The highest BCUT2D eigenvalue weighted by Crippen LogP contribution is 2.24. The van der Waals surface area contributed by atoms with Gasteiger partial charge in [-0.1, -0.05) is 6.42 Å². The van der Waals surface area contributed by atoms with Crippen LogP contribution in [0.4, 0.5) is 0 Å². The van der Waals surface area contributed by atoms with Crippen LogP contribution >= 0.6 is 0 Å². The van der Waals surface area contributed by atoms with Gasteiger partial charge >= 0.3 is 0 Å². The molecule has 5 heterocycles. The molecule has 29 heavy (non-hydrogen) atoms. The Balaban J connectivity index is 1.15. The van der Waals surface area contributed by atoms with Gasteiger partial charge in [0.25, 0.3) is 5.91 Å². The Morgan fingerprint density at radius 3 is 2.66 bits per heavy atom. The Kier molecular flexibility index (Phi) is 5.23. The molecule has 0 radical (unpaired) electrons. The molecule has 0 spiro atoms. The monoisotopic (exact) mass is 395 g/mol. The molecule has 2 aromatic rings. The summed E-state index contributed by atoms with van der Waals surface area (Å²) in [6, 6.07) is 6.38. The summed E-state index contributed by atoms with van der Waals surface area (Å²) in [6.45, 7) is 4.82. The number of pyridine rings is 1. The van der Waals surface area contributed by atoms with E-state index in [2.05, 4.69) is 15.0 Å². The summed E-state index contributed by atoms with van der Waals surface area (Å²) in [5, 5.41) is 4.59. The van der Waals surface area contributed by atoms with Gasteiger partial charge in [0, 0.05) is 37.4 Å². The van der Waals surface area contributed by atoms with Crippen LogP contribution in [-0.2, 0) is 13.0 Å². The summed E-state index contributed by atoms with van der Waals surface area (Å²) >= 11 is 0. The summed E-state index contributed by atoms with van der Waals surface area (Å²) in [4.78, 5) is 21.7. The minimum absolute atomic E-state index is 0.0474. The van der Waals surface area contributed by atoms with E-state index >= 15 is 0 Å². The van der Waals surface area contributed by atoms with Crippen molar-refractivity contribution in [3.8, 4) is 5.75 Å². The number of hydrogen-bond acceptors (Lipinski definition) is 5. The number of piperidine rings is 2. The van der Waals surface area contributed by atoms with Gasteiger partial charge in [-0.3, -0.25) is 14.5 Å². The average Bonchev–Trinajstić information content (AvgIpc) is 3.33. The number of carbonyl (C=O) groups excluding carboxylic acids is 1. The van der Waals surface area contributed by atoms with Gasteiger partial charge in [-0.05, 0) is 57.0 Å². The van der Waals surface area contributed by atoms with Crippen LogP contribution in [0.25, 0.3) is 0 Å². The molecule has 2 saturated heterocycles. The highest BCUT2D eigenvalue weighted by atomic mass is 16.5. The number of fused-ring (bicyclic) bond motifs is 1. The van der Waals surface area contributed by atoms with Gasteiger partial charge < -0.3 is 14.5 Å². The molecule has 3 aliphatic heterocycles. The largest absolute Gasteiger partial charge is 0.486 e. The van der Waals surface area contributed by atoms with Gasteiger partial charge in [-0.2, -0.15) is 5.10 Å². The van der Waals surface area contributed by atoms with Gasteiger partial charge in [0.05, 0.1) is 12.7 Å². The lowest BCUT2D eigenvalue weighted by Crippen LogP contribution is -2.48. The minimum atomic E-state index is 0.0474. The number of rotatable bonds is 4. The normalized spacial score (nSPS) is 23.2. The van der Waals surface area contributed by atoms with E-state index in [-0.39, 0.29) is 12.0 Å². The van der Waals surface area contributed by atoms with Gasteiger partial charge in [0.1, 0.15) is 11.9 Å². The van der Waals surface area contributed by atoms with Crippen molar-refractivity contribution in [3.05, 3.63) is 42.0 Å². The first-order valence-corrected chi connectivity index (χ1v) is 10.9. The molecule has 0 N–H and O–H groups in total. The van der Waals surface area contributed by atoms with E-state index in [1.165, 1.54) is 32.4 Å². The minimum Gasteiger partial charge on any atom is -0.486 e. The van der Waals surface area contributed by atoms with Crippen LogP contribution in [-0.4, -0.2) is 68.8 Å². The standard InChI is InChI=1S/C22H29N5O2/c28-22(26-11-6-17(7-12-26)25-9-2-1-3-10-25)21-14-18-13-20(16-27(18)24-21)29-19-5-4-8-23-15-19/h4-5,8,14-15,17,20H,1-3,6-7,9-13,16H2. The fourth-order valence-electron chi connectivity index (χ4n) is 4.94. The van der Waals surface area contributed by atoms with Gasteiger partial charge in [0.2, 0.25) is 0 Å². The maximum Gasteiger partial charge on any atom is 0.274 e. The van der Waals surface area contributed by atoms with Crippen molar-refractivity contribution in [1.82, 2.24) is 24.6 Å². The average molecular weight is 396 g/mol. The zero-order chi connectivity index (χ0) is 19.6. The molecule has 1 amide bonds. The number of amides is 1. The number of hydrogen-bond donors (Lipinski definition) is 0. The van der Waals surface area contributed by atoms with E-state index in [0.29, 0.717) is 18.3 Å². The molecule has 3 aliphatic rings. The third-order valence-electron chi connectivity index (χ3n) is 6.49. The smallest absolute Gasteiger partial charge is 0.274 e. The molecular weight excluding hydrogens is 366 g/mol. The second-order valence-corrected chi connectivity index (χ2v) is 8.46. The summed E-state index contributed by atoms with van der Waals surface area (Å²) < 4.78 is 7.90. The molecule has 154 valence electrons. The summed E-state index contributed by atoms with van der Waals surface area (Å²) in [7, 11) is 0. The van der Waals surface area contributed by atoms with E-state index in [1.54, 1.807) is 12.4 Å². The summed E-state index contributed by atoms with van der Waals surface area (Å²) in [5.74, 6) is 0.852. The third kappa shape index (κ3) is 4.01. The maximum absolute atomic E-state index is 13.0. The number of aromatic nitrogens is 3. The first-order valence-electron chi connectivity index (χ1n) is 10.9. The van der Waals surface area contributed by atoms with Crippen LogP contribution < -0.4 is 4.74 Å². The van der Waals surface area contributed by atoms with Crippen molar-refractivity contribution in [2.24, 2.45) is 0 Å². The predicted octanol–water partition coefficient (Wildman–Crippen LogP) is 2.37. The second kappa shape index (κ2) is 8.14. The summed E-state index contributed by atoms with van der Waals surface area (Å²) in [6.07, 6.45) is 10.5. The predicted molar refractivity (Wildman–Crippen MR) is 109 cm³/mol. The van der Waals surface area contributed by atoms with Crippen molar-refractivity contribution >= 4 is 5.91 Å². The first-order chi connectivity index (χ1) is 14.3. The SMILES string of the molecule is O=C(c1cc2n(n1)CC(Oc1cccnc1)C2)N1CCC(N2CCCCC2)CC1. The van der Waals surface area contributed by atoms with E-state index in [9.17, 15) is 4.79 Å². The zero-order valence-electron chi connectivity index (χ0n) is 16.9. The molecular formula is C22H29N5O2. The van der Waals surface area contributed by atoms with Crippen LogP contribution in [0, 0.1) is 0 Å². The Morgan fingerprint density at radius 2 is 1.93 bits per heavy atom. The molecule has 7 heteroatoms. The Morgan fingerprint density at radius 1 is 1.10 bits per heavy atom. The van der Waals surface area contributed by atoms with E-state index in [4.69, 9.17) is 4.74 Å². The number of nitrogens with zero attached hydrogens (tertiary/aromatic N) is 5. The van der Waals surface area contributed by atoms with Crippen LogP contribution in [0.1, 0.15) is 48.3 Å². The molecule has 2 fully saturated rings. The topological polar surface area (TPSA) is 63.5 Å². The van der Waals surface area contributed by atoms with E-state index < -0.39 is 0 Å². The van der Waals surface area contributed by atoms with Gasteiger partial charge in [0.15, 0.2) is 5.69 Å². The van der Waals surface area contributed by atoms with Crippen LogP contribution in [0.5, 0.6) is 5.75 Å². The number of carbonyl (C=O) groups is 1. The molecule has 5 rings (SSSR count). The van der Waals surface area contributed by atoms with E-state index in [1.807, 2.05) is 27.8 Å². The summed E-state index contributed by atoms with van der Waals surface area (Å²) in [5.41, 5.74) is 1.65. The lowest BCUT2D eigenvalue weighted by atomic mass is 9.99. The van der Waals surface area contributed by atoms with Crippen molar-refractivity contribution in [3.63, 3.8) is 0 Å². The Bertz CT molecular complexity index is 815. The molecule has 0 aliphatic carbocycles. The van der Waals surface area contributed by atoms with Crippen molar-refractivity contribution in [2.75, 3.05) is 26.2 Å². The lowest BCUT2D eigenvalue weighted by Gasteiger charge is -2.40. The number of likely N-dealkylation sites (tertiary alicyclic amines) is 2. The van der Waals surface area contributed by atoms with Crippen molar-refractivity contribution in [2.45, 2.75) is 57.2 Å². The second-order valence-electron chi connectivity index (χ2n) is 8.46. The molecule has 2 aromatic heterocycles. The quantitative estimate of drug-likeness (QED) is 0.795. The molecule has 0 saturated carbocycles. The van der Waals surface area contributed by atoms with E-state index in [0.717, 1.165) is 43.8 Å². The van der Waals surface area contributed by atoms with Crippen molar-refractivity contribution in [1.29, 1.82) is 0 Å². The number of ether oxygens (including phenoxy) is 1. The molecule has 7 nitrogen and oxygen atoms in total. The van der Waals surface area contributed by atoms with Crippen LogP contribution in [0.15, 0.2) is 30.6 Å². The molecule has 1 atom stereocenters. The molecule has 0 aromatic carbocycles. The highest BCUT2D eigenvalue weighted by molar-refractivity contribution is 5.92. The highest BCUT2D eigenvalue weighted by Gasteiger charge is 2.31. The Hall–Kier alpha value is -2.41. The zero-order valence-corrected chi connectivity index (χ0v) is 16.9. The fraction of sp³-hybridized carbons (Fsp3) is 0.591. The van der Waals surface area contributed by atoms with Gasteiger partial charge in [-0.15, -0.1) is 0 Å². The molecule has 1 unspecified atom stereocenters. The lowest BCUT2D eigenvalue weighted by molar-refractivity contribution is 0.0583. The maximum atomic E-state index is 13.0. The molecule has 0 bridgehead atoms. The van der Waals surface area contributed by atoms with Crippen molar-refractivity contribution < 1.29 is 9.53 Å².